The van der Waals surface area contributed by atoms with Gasteiger partial charge in [0, 0.05) is 30.6 Å². The van der Waals surface area contributed by atoms with Crippen LogP contribution in [0.4, 0.5) is 0 Å². The summed E-state index contributed by atoms with van der Waals surface area (Å²) in [6, 6.07) is 21.7. The lowest BCUT2D eigenvalue weighted by atomic mass is 9.96. The van der Waals surface area contributed by atoms with Crippen LogP contribution in [0.25, 0.3) is 27.8 Å². The van der Waals surface area contributed by atoms with Crippen LogP contribution in [-0.4, -0.2) is 24.5 Å². The predicted octanol–water partition coefficient (Wildman–Crippen LogP) is 4.66. The maximum atomic E-state index is 10.9. The molecule has 5 heteroatoms. The van der Waals surface area contributed by atoms with Gasteiger partial charge >= 0.3 is 0 Å². The normalized spacial score (nSPS) is 12.8. The largest absolute Gasteiger partial charge is 0.374 e. The first-order valence-corrected chi connectivity index (χ1v) is 10.4. The van der Waals surface area contributed by atoms with Crippen LogP contribution < -0.4 is 0 Å². The summed E-state index contributed by atoms with van der Waals surface area (Å²) < 4.78 is 3.62. The lowest BCUT2D eigenvalue weighted by Gasteiger charge is -2.16. The summed E-state index contributed by atoms with van der Waals surface area (Å²) in [7, 11) is 1.91. The van der Waals surface area contributed by atoms with Crippen molar-refractivity contribution in [2.24, 2.45) is 7.05 Å². The number of benzene rings is 2. The fourth-order valence-electron chi connectivity index (χ4n) is 3.79. The lowest BCUT2D eigenvalue weighted by Crippen LogP contribution is -2.18. The Balaban J connectivity index is 1.55. The van der Waals surface area contributed by atoms with E-state index in [2.05, 4.69) is 46.3 Å². The minimum atomic E-state index is -1.25. The summed E-state index contributed by atoms with van der Waals surface area (Å²) in [5.41, 5.74) is 5.47. The molecule has 1 N–H and O–H groups in total. The molecule has 5 aromatic rings. The first kappa shape index (κ1) is 19.8. The Labute approximate surface area is 186 Å². The van der Waals surface area contributed by atoms with Crippen molar-refractivity contribution in [3.05, 3.63) is 103 Å². The fourth-order valence-corrected chi connectivity index (χ4v) is 3.79. The summed E-state index contributed by atoms with van der Waals surface area (Å²) in [5.74, 6) is 6.23. The van der Waals surface area contributed by atoms with Crippen LogP contribution in [0.2, 0.25) is 0 Å². The summed E-state index contributed by atoms with van der Waals surface area (Å²) in [6.45, 7) is 1.71. The molecule has 32 heavy (non-hydrogen) atoms. The maximum absolute atomic E-state index is 10.9. The van der Waals surface area contributed by atoms with E-state index >= 15 is 0 Å². The summed E-state index contributed by atoms with van der Waals surface area (Å²) in [5, 5.41) is 19.7. The fraction of sp³-hybridized carbons (Fsp3) is 0.111. The Morgan fingerprint density at radius 3 is 2.31 bits per heavy atom. The molecule has 0 aliphatic carbocycles. The van der Waals surface area contributed by atoms with E-state index in [1.807, 2.05) is 78.8 Å². The number of pyridine rings is 1. The van der Waals surface area contributed by atoms with Crippen LogP contribution in [0.1, 0.15) is 18.1 Å². The Morgan fingerprint density at radius 2 is 1.59 bits per heavy atom. The molecule has 156 valence electrons. The van der Waals surface area contributed by atoms with Crippen molar-refractivity contribution in [3.63, 3.8) is 0 Å². The van der Waals surface area contributed by atoms with Gasteiger partial charge in [-0.25, -0.2) is 4.52 Å². The quantitative estimate of drug-likeness (QED) is 0.434. The molecule has 1 atom stereocenters. The molecule has 0 saturated carbocycles. The van der Waals surface area contributed by atoms with Crippen LogP contribution in [0.3, 0.4) is 0 Å². The molecule has 0 fully saturated rings. The van der Waals surface area contributed by atoms with Crippen molar-refractivity contribution in [1.82, 2.24) is 19.4 Å². The monoisotopic (exact) mass is 418 g/mol. The summed E-state index contributed by atoms with van der Waals surface area (Å²) in [6.07, 6.45) is 7.62. The van der Waals surface area contributed by atoms with E-state index < -0.39 is 5.60 Å². The molecule has 0 radical (unpaired) electrons. The Hall–Kier alpha value is -4.14. The Bertz CT molecular complexity index is 1450. The van der Waals surface area contributed by atoms with Crippen molar-refractivity contribution in [2.75, 3.05) is 0 Å². The van der Waals surface area contributed by atoms with Gasteiger partial charge in [-0.2, -0.15) is 10.2 Å². The minimum Gasteiger partial charge on any atom is -0.374 e. The molecular weight excluding hydrogens is 396 g/mol. The van der Waals surface area contributed by atoms with Gasteiger partial charge in [0.25, 0.3) is 0 Å². The second kappa shape index (κ2) is 7.84. The third-order valence-corrected chi connectivity index (χ3v) is 5.55. The van der Waals surface area contributed by atoms with E-state index in [9.17, 15) is 5.11 Å². The maximum Gasteiger partial charge on any atom is 0.148 e. The van der Waals surface area contributed by atoms with E-state index in [1.54, 1.807) is 11.6 Å². The number of hydrogen-bond acceptors (Lipinski definition) is 3. The summed E-state index contributed by atoms with van der Waals surface area (Å²) >= 11 is 0. The molecule has 3 heterocycles. The van der Waals surface area contributed by atoms with E-state index in [-0.39, 0.29) is 0 Å². The van der Waals surface area contributed by atoms with Crippen molar-refractivity contribution < 1.29 is 5.11 Å². The second-order valence-electron chi connectivity index (χ2n) is 7.94. The Morgan fingerprint density at radius 1 is 0.844 bits per heavy atom. The standard InChI is InChI=1S/C27H22N4O/c1-27(32,24-8-4-3-5-9-24)15-14-22-7-6-16-31-26(22)25(18-29-31)21-12-10-20(11-13-21)23-17-28-30(2)19-23/h3-13,16-19,32H,1-2H3. The van der Waals surface area contributed by atoms with Crippen molar-refractivity contribution in [1.29, 1.82) is 0 Å². The molecule has 0 aliphatic rings. The molecule has 5 rings (SSSR count). The SMILES string of the molecule is Cn1cc(-c2ccc(-c3cnn4cccc(C#CC(C)(O)c5ccccc5)c34)cc2)cn1. The molecule has 0 spiro atoms. The number of aryl methyl sites for hydroxylation is 1. The highest BCUT2D eigenvalue weighted by molar-refractivity contribution is 5.85. The molecule has 3 aromatic heterocycles. The van der Waals surface area contributed by atoms with Gasteiger partial charge < -0.3 is 5.11 Å². The van der Waals surface area contributed by atoms with Gasteiger partial charge in [0.05, 0.1) is 23.5 Å². The van der Waals surface area contributed by atoms with Gasteiger partial charge in [0.2, 0.25) is 0 Å². The van der Waals surface area contributed by atoms with Gasteiger partial charge in [-0.05, 0) is 35.7 Å². The van der Waals surface area contributed by atoms with Crippen LogP contribution in [-0.2, 0) is 12.6 Å². The topological polar surface area (TPSA) is 55.4 Å². The third-order valence-electron chi connectivity index (χ3n) is 5.55. The predicted molar refractivity (Wildman–Crippen MR) is 126 cm³/mol. The second-order valence-corrected chi connectivity index (χ2v) is 7.94. The number of hydrogen-bond donors (Lipinski definition) is 1. The van der Waals surface area contributed by atoms with Crippen LogP contribution in [0.5, 0.6) is 0 Å². The van der Waals surface area contributed by atoms with Crippen LogP contribution in [0, 0.1) is 11.8 Å². The molecule has 0 saturated heterocycles. The van der Waals surface area contributed by atoms with Crippen LogP contribution in [0.15, 0.2) is 91.5 Å². The van der Waals surface area contributed by atoms with Gasteiger partial charge in [0.15, 0.2) is 0 Å². The average molecular weight is 419 g/mol. The zero-order valence-electron chi connectivity index (χ0n) is 17.9. The van der Waals surface area contributed by atoms with Gasteiger partial charge in [-0.3, -0.25) is 4.68 Å². The number of aromatic nitrogens is 4. The molecule has 0 amide bonds. The van der Waals surface area contributed by atoms with E-state index in [1.165, 1.54) is 0 Å². The highest BCUT2D eigenvalue weighted by atomic mass is 16.3. The lowest BCUT2D eigenvalue weighted by molar-refractivity contribution is 0.122. The zero-order chi connectivity index (χ0) is 22.1. The first-order valence-electron chi connectivity index (χ1n) is 10.4. The van der Waals surface area contributed by atoms with E-state index in [0.717, 1.165) is 38.9 Å². The molecule has 0 aliphatic heterocycles. The number of aliphatic hydroxyl groups is 1. The molecule has 1 unspecified atom stereocenters. The molecular formula is C27H22N4O. The highest BCUT2D eigenvalue weighted by Crippen LogP contribution is 2.29. The summed E-state index contributed by atoms with van der Waals surface area (Å²) in [4.78, 5) is 0. The van der Waals surface area contributed by atoms with Crippen molar-refractivity contribution >= 4 is 5.52 Å². The number of rotatable bonds is 3. The molecule has 5 nitrogen and oxygen atoms in total. The highest BCUT2D eigenvalue weighted by Gasteiger charge is 2.19. The smallest absolute Gasteiger partial charge is 0.148 e. The third kappa shape index (κ3) is 3.68. The van der Waals surface area contributed by atoms with E-state index in [0.29, 0.717) is 0 Å². The minimum absolute atomic E-state index is 0.763. The van der Waals surface area contributed by atoms with Crippen LogP contribution >= 0.6 is 0 Å². The van der Waals surface area contributed by atoms with Gasteiger partial charge in [0.1, 0.15) is 5.60 Å². The number of nitrogens with zero attached hydrogens (tertiary/aromatic N) is 4. The first-order chi connectivity index (χ1) is 15.5. The zero-order valence-corrected chi connectivity index (χ0v) is 17.9. The van der Waals surface area contributed by atoms with Crippen molar-refractivity contribution in [3.8, 4) is 34.1 Å². The van der Waals surface area contributed by atoms with Gasteiger partial charge in [-0.1, -0.05) is 66.4 Å². The molecule has 0 bridgehead atoms. The van der Waals surface area contributed by atoms with Gasteiger partial charge in [-0.15, -0.1) is 0 Å². The van der Waals surface area contributed by atoms with Crippen molar-refractivity contribution in [2.45, 2.75) is 12.5 Å². The number of fused-ring (bicyclic) bond motifs is 1. The Kier molecular flexibility index (Phi) is 4.85. The van der Waals surface area contributed by atoms with E-state index in [4.69, 9.17) is 0 Å². The average Bonchev–Trinajstić information content (AvgIpc) is 3.45. The molecule has 2 aromatic carbocycles.